The van der Waals surface area contributed by atoms with Crippen molar-refractivity contribution in [2.75, 3.05) is 6.54 Å². The fourth-order valence-corrected chi connectivity index (χ4v) is 2.74. The van der Waals surface area contributed by atoms with E-state index in [0.717, 1.165) is 33.4 Å². The summed E-state index contributed by atoms with van der Waals surface area (Å²) in [6, 6.07) is 7.91. The van der Waals surface area contributed by atoms with Gasteiger partial charge in [0.2, 0.25) is 0 Å². The maximum atomic E-state index is 11.7. The van der Waals surface area contributed by atoms with Crippen LogP contribution in [0.15, 0.2) is 28.9 Å². The number of aromatic nitrogens is 2. The Morgan fingerprint density at radius 1 is 1.39 bits per heavy atom. The number of benzene rings is 1. The first kappa shape index (κ1) is 11.5. The smallest absolute Gasteiger partial charge is 0.251 e. The molecule has 0 saturated carbocycles. The Morgan fingerprint density at radius 3 is 2.94 bits per heavy atom. The Labute approximate surface area is 113 Å². The lowest BCUT2D eigenvalue weighted by molar-refractivity contribution is 0.0946. The van der Waals surface area contributed by atoms with Crippen LogP contribution in [0.1, 0.15) is 15.9 Å². The second-order valence-electron chi connectivity index (χ2n) is 4.35. The number of amides is 1. The fraction of sp³-hybridized carbons (Fsp3) is 0.231. The lowest BCUT2D eigenvalue weighted by atomic mass is 9.97. The average Bonchev–Trinajstić information content (AvgIpc) is 2.68. The molecular weight excluding hydrogens is 294 g/mol. The summed E-state index contributed by atoms with van der Waals surface area (Å²) in [7, 11) is 1.91. The van der Waals surface area contributed by atoms with E-state index in [2.05, 4.69) is 32.4 Å². The van der Waals surface area contributed by atoms with Gasteiger partial charge in [-0.05, 0) is 46.1 Å². The molecule has 0 atom stereocenters. The molecule has 1 amide bonds. The van der Waals surface area contributed by atoms with Crippen LogP contribution in [0, 0.1) is 0 Å². The minimum Gasteiger partial charge on any atom is -0.352 e. The predicted octanol–water partition coefficient (Wildman–Crippen LogP) is 2.14. The molecule has 1 aliphatic rings. The lowest BCUT2D eigenvalue weighted by Gasteiger charge is -2.17. The standard InChI is InChI=1S/C13H12BrN3O/c1-17-11(7-12(14)16-17)9-2-3-10-8(6-9)4-5-15-13(10)18/h2-3,6-7H,4-5H2,1H3,(H,15,18). The molecule has 1 aliphatic heterocycles. The van der Waals surface area contributed by atoms with Gasteiger partial charge in [-0.25, -0.2) is 0 Å². The first-order valence-electron chi connectivity index (χ1n) is 5.76. The molecule has 0 bridgehead atoms. The summed E-state index contributed by atoms with van der Waals surface area (Å²) in [6.45, 7) is 0.713. The molecule has 0 unspecified atom stereocenters. The Kier molecular flexibility index (Phi) is 2.70. The summed E-state index contributed by atoms with van der Waals surface area (Å²) in [5.41, 5.74) is 4.01. The molecule has 92 valence electrons. The number of halogens is 1. The Bertz CT molecular complexity index is 633. The zero-order chi connectivity index (χ0) is 12.7. The monoisotopic (exact) mass is 305 g/mol. The van der Waals surface area contributed by atoms with Crippen molar-refractivity contribution in [1.29, 1.82) is 0 Å². The van der Waals surface area contributed by atoms with Crippen molar-refractivity contribution in [1.82, 2.24) is 15.1 Å². The Morgan fingerprint density at radius 2 is 2.22 bits per heavy atom. The van der Waals surface area contributed by atoms with Gasteiger partial charge in [-0.3, -0.25) is 9.48 Å². The summed E-state index contributed by atoms with van der Waals surface area (Å²) in [6.07, 6.45) is 0.883. The van der Waals surface area contributed by atoms with E-state index >= 15 is 0 Å². The minimum absolute atomic E-state index is 0.0222. The zero-order valence-corrected chi connectivity index (χ0v) is 11.5. The van der Waals surface area contributed by atoms with Gasteiger partial charge in [0, 0.05) is 24.7 Å². The van der Waals surface area contributed by atoms with Crippen molar-refractivity contribution in [3.63, 3.8) is 0 Å². The summed E-state index contributed by atoms with van der Waals surface area (Å²) in [5.74, 6) is 0.0222. The third-order valence-corrected chi connectivity index (χ3v) is 3.56. The molecular formula is C13H12BrN3O. The normalized spacial score (nSPS) is 14.2. The highest BCUT2D eigenvalue weighted by atomic mass is 79.9. The van der Waals surface area contributed by atoms with Gasteiger partial charge in [-0.15, -0.1) is 0 Å². The third-order valence-electron chi connectivity index (χ3n) is 3.18. The molecule has 1 N–H and O–H groups in total. The number of fused-ring (bicyclic) bond motifs is 1. The van der Waals surface area contributed by atoms with Gasteiger partial charge in [-0.2, -0.15) is 5.10 Å². The van der Waals surface area contributed by atoms with E-state index in [1.165, 1.54) is 0 Å². The average molecular weight is 306 g/mol. The molecule has 3 rings (SSSR count). The molecule has 4 nitrogen and oxygen atoms in total. The largest absolute Gasteiger partial charge is 0.352 e. The number of aryl methyl sites for hydroxylation is 1. The van der Waals surface area contributed by atoms with Crippen LogP contribution in [0.25, 0.3) is 11.3 Å². The molecule has 1 aromatic heterocycles. The molecule has 5 heteroatoms. The van der Waals surface area contributed by atoms with Crippen LogP contribution < -0.4 is 5.32 Å². The van der Waals surface area contributed by atoms with Gasteiger partial charge < -0.3 is 5.32 Å². The van der Waals surface area contributed by atoms with E-state index in [9.17, 15) is 4.79 Å². The van der Waals surface area contributed by atoms with Crippen LogP contribution in [0.3, 0.4) is 0 Å². The summed E-state index contributed by atoms with van der Waals surface area (Å²) < 4.78 is 2.64. The molecule has 1 aromatic carbocycles. The van der Waals surface area contributed by atoms with Crippen molar-refractivity contribution in [3.8, 4) is 11.3 Å². The molecule has 0 radical (unpaired) electrons. The number of nitrogens with zero attached hydrogens (tertiary/aromatic N) is 2. The Balaban J connectivity index is 2.10. The van der Waals surface area contributed by atoms with Crippen molar-refractivity contribution < 1.29 is 4.79 Å². The van der Waals surface area contributed by atoms with E-state index in [0.29, 0.717) is 6.54 Å². The van der Waals surface area contributed by atoms with Gasteiger partial charge in [0.1, 0.15) is 4.60 Å². The van der Waals surface area contributed by atoms with E-state index in [-0.39, 0.29) is 5.91 Å². The molecule has 0 spiro atoms. The number of carbonyl (C=O) groups excluding carboxylic acids is 1. The van der Waals surface area contributed by atoms with Crippen molar-refractivity contribution >= 4 is 21.8 Å². The first-order valence-corrected chi connectivity index (χ1v) is 6.55. The van der Waals surface area contributed by atoms with Gasteiger partial charge in [0.05, 0.1) is 5.69 Å². The van der Waals surface area contributed by atoms with Crippen molar-refractivity contribution in [3.05, 3.63) is 40.0 Å². The van der Waals surface area contributed by atoms with Crippen LogP contribution >= 0.6 is 15.9 Å². The van der Waals surface area contributed by atoms with Gasteiger partial charge in [0.25, 0.3) is 5.91 Å². The molecule has 0 aliphatic carbocycles. The van der Waals surface area contributed by atoms with E-state index < -0.39 is 0 Å². The van der Waals surface area contributed by atoms with Crippen LogP contribution in [-0.2, 0) is 13.5 Å². The summed E-state index contributed by atoms with van der Waals surface area (Å²) in [5, 5.41) is 7.12. The van der Waals surface area contributed by atoms with Gasteiger partial charge in [0.15, 0.2) is 0 Å². The molecule has 0 saturated heterocycles. The first-order chi connectivity index (χ1) is 8.65. The number of hydrogen-bond donors (Lipinski definition) is 1. The van der Waals surface area contributed by atoms with E-state index in [1.807, 2.05) is 29.9 Å². The lowest BCUT2D eigenvalue weighted by Crippen LogP contribution is -2.31. The fourth-order valence-electron chi connectivity index (χ4n) is 2.29. The Hall–Kier alpha value is -1.62. The number of nitrogens with one attached hydrogen (secondary N) is 1. The highest BCUT2D eigenvalue weighted by Crippen LogP contribution is 2.26. The summed E-state index contributed by atoms with van der Waals surface area (Å²) in [4.78, 5) is 11.7. The second kappa shape index (κ2) is 4.24. The summed E-state index contributed by atoms with van der Waals surface area (Å²) >= 11 is 3.37. The van der Waals surface area contributed by atoms with Crippen LogP contribution in [0.2, 0.25) is 0 Å². The van der Waals surface area contributed by atoms with Gasteiger partial charge in [-0.1, -0.05) is 6.07 Å². The number of carbonyl (C=O) groups is 1. The predicted molar refractivity (Wildman–Crippen MR) is 72.4 cm³/mol. The topological polar surface area (TPSA) is 46.9 Å². The molecule has 0 fully saturated rings. The highest BCUT2D eigenvalue weighted by molar-refractivity contribution is 9.10. The number of hydrogen-bond acceptors (Lipinski definition) is 2. The maximum absolute atomic E-state index is 11.7. The number of rotatable bonds is 1. The maximum Gasteiger partial charge on any atom is 0.251 e. The quantitative estimate of drug-likeness (QED) is 0.877. The second-order valence-corrected chi connectivity index (χ2v) is 5.17. The van der Waals surface area contributed by atoms with E-state index in [1.54, 1.807) is 0 Å². The highest BCUT2D eigenvalue weighted by Gasteiger charge is 2.17. The minimum atomic E-state index is 0.0222. The molecule has 18 heavy (non-hydrogen) atoms. The van der Waals surface area contributed by atoms with E-state index in [4.69, 9.17) is 0 Å². The molecule has 2 aromatic rings. The van der Waals surface area contributed by atoms with Crippen molar-refractivity contribution in [2.45, 2.75) is 6.42 Å². The third kappa shape index (κ3) is 1.84. The van der Waals surface area contributed by atoms with Crippen LogP contribution in [0.4, 0.5) is 0 Å². The van der Waals surface area contributed by atoms with Gasteiger partial charge >= 0.3 is 0 Å². The zero-order valence-electron chi connectivity index (χ0n) is 9.90. The van der Waals surface area contributed by atoms with Crippen molar-refractivity contribution in [2.24, 2.45) is 7.05 Å². The molecule has 2 heterocycles. The van der Waals surface area contributed by atoms with Crippen LogP contribution in [0.5, 0.6) is 0 Å². The van der Waals surface area contributed by atoms with Crippen LogP contribution in [-0.4, -0.2) is 22.2 Å². The SMILES string of the molecule is Cn1nc(Br)cc1-c1ccc2c(c1)CCNC2=O.